The topological polar surface area (TPSA) is 37.3 Å². The second-order valence-electron chi connectivity index (χ2n) is 7.33. The molecule has 2 aliphatic rings. The van der Waals surface area contributed by atoms with E-state index in [0.717, 1.165) is 23.8 Å². The first-order valence-corrected chi connectivity index (χ1v) is 9.56. The van der Waals surface area contributed by atoms with Gasteiger partial charge in [-0.3, -0.25) is 4.79 Å². The predicted molar refractivity (Wildman–Crippen MR) is 107 cm³/mol. The number of carboxylic acid groups (broad SMARTS) is 1. The van der Waals surface area contributed by atoms with Gasteiger partial charge >= 0.3 is 5.97 Å². The Labute approximate surface area is 160 Å². The van der Waals surface area contributed by atoms with Crippen molar-refractivity contribution in [3.8, 4) is 0 Å². The van der Waals surface area contributed by atoms with Crippen LogP contribution in [0.1, 0.15) is 41.5 Å². The number of carbonyl (C=O) groups is 1. The summed E-state index contributed by atoms with van der Waals surface area (Å²) in [6.45, 7) is 6.11. The quantitative estimate of drug-likeness (QED) is 0.708. The van der Waals surface area contributed by atoms with E-state index in [1.54, 1.807) is 0 Å². The Morgan fingerprint density at radius 3 is 2.38 bits per heavy atom. The summed E-state index contributed by atoms with van der Waals surface area (Å²) in [7, 11) is 0. The lowest BCUT2D eigenvalue weighted by Gasteiger charge is -2.12. The van der Waals surface area contributed by atoms with Crippen LogP contribution in [0.2, 0.25) is 5.02 Å². The molecule has 0 bridgehead atoms. The second kappa shape index (κ2) is 8.09. The summed E-state index contributed by atoms with van der Waals surface area (Å²) >= 11 is 5.98. The van der Waals surface area contributed by atoms with Gasteiger partial charge in [0.15, 0.2) is 0 Å². The van der Waals surface area contributed by atoms with Gasteiger partial charge in [-0.05, 0) is 71.9 Å². The Bertz CT molecular complexity index is 787. The number of rotatable bonds is 3. The summed E-state index contributed by atoms with van der Waals surface area (Å²) in [5, 5.41) is 9.64. The lowest BCUT2D eigenvalue weighted by atomic mass is 9.92. The Balaban J connectivity index is 0.000000152. The van der Waals surface area contributed by atoms with Crippen molar-refractivity contribution in [2.75, 3.05) is 0 Å². The van der Waals surface area contributed by atoms with Gasteiger partial charge in [-0.1, -0.05) is 54.9 Å². The summed E-state index contributed by atoms with van der Waals surface area (Å²) in [6, 6.07) is 14.2. The average Bonchev–Trinajstić information content (AvgIpc) is 3.18. The van der Waals surface area contributed by atoms with Crippen LogP contribution in [0.5, 0.6) is 0 Å². The number of hydrogen-bond acceptors (Lipinski definition) is 1. The molecular formula is C23H25ClO2. The van der Waals surface area contributed by atoms with E-state index in [1.807, 2.05) is 36.4 Å². The normalized spacial score (nSPS) is 20.7. The number of carboxylic acids is 1. The highest BCUT2D eigenvalue weighted by Crippen LogP contribution is 2.40. The second-order valence-corrected chi connectivity index (χ2v) is 7.77. The van der Waals surface area contributed by atoms with E-state index in [9.17, 15) is 4.79 Å². The van der Waals surface area contributed by atoms with Gasteiger partial charge in [0, 0.05) is 5.02 Å². The number of aliphatic carboxylic acids is 1. The molecule has 0 aromatic heterocycles. The van der Waals surface area contributed by atoms with E-state index in [-0.39, 0.29) is 5.92 Å². The van der Waals surface area contributed by atoms with Crippen LogP contribution in [-0.4, -0.2) is 11.1 Å². The maximum atomic E-state index is 10.7. The third kappa shape index (κ3) is 4.02. The average molecular weight is 369 g/mol. The highest BCUT2D eigenvalue weighted by atomic mass is 35.5. The Morgan fingerprint density at radius 1 is 1.15 bits per heavy atom. The van der Waals surface area contributed by atoms with E-state index in [1.165, 1.54) is 22.3 Å². The smallest absolute Gasteiger partial charge is 0.307 e. The Morgan fingerprint density at radius 2 is 1.81 bits per heavy atom. The maximum absolute atomic E-state index is 10.7. The molecule has 26 heavy (non-hydrogen) atoms. The molecule has 1 N–H and O–H groups in total. The fraction of sp³-hybridized carbons (Fsp3) is 0.348. The van der Waals surface area contributed by atoms with Gasteiger partial charge in [-0.25, -0.2) is 0 Å². The van der Waals surface area contributed by atoms with Crippen LogP contribution in [0, 0.1) is 11.8 Å². The van der Waals surface area contributed by atoms with Crippen LogP contribution in [-0.2, 0) is 24.1 Å². The summed E-state index contributed by atoms with van der Waals surface area (Å²) in [5.41, 5.74) is 5.30. The van der Waals surface area contributed by atoms with Crippen molar-refractivity contribution in [3.05, 3.63) is 82.4 Å². The number of benzene rings is 2. The van der Waals surface area contributed by atoms with Crippen molar-refractivity contribution in [1.29, 1.82) is 0 Å². The zero-order chi connectivity index (χ0) is 18.7. The molecule has 0 aliphatic heterocycles. The van der Waals surface area contributed by atoms with Crippen molar-refractivity contribution in [1.82, 2.24) is 0 Å². The van der Waals surface area contributed by atoms with Crippen LogP contribution in [0.3, 0.4) is 0 Å². The first-order chi connectivity index (χ1) is 12.5. The van der Waals surface area contributed by atoms with Gasteiger partial charge in [0.05, 0.1) is 5.92 Å². The minimum Gasteiger partial charge on any atom is -0.481 e. The molecule has 0 radical (unpaired) electrons. The SMILES string of the molecule is C=CCC1Cc2cc(Cl)ccc2C1C.O=C(O)C1Cc2ccccc2C1. The van der Waals surface area contributed by atoms with E-state index >= 15 is 0 Å². The summed E-state index contributed by atoms with van der Waals surface area (Å²) in [4.78, 5) is 10.7. The number of halogens is 1. The fourth-order valence-corrected chi connectivity index (χ4v) is 4.34. The molecule has 0 spiro atoms. The van der Waals surface area contributed by atoms with Gasteiger partial charge in [0.25, 0.3) is 0 Å². The minimum absolute atomic E-state index is 0.192. The van der Waals surface area contributed by atoms with Gasteiger partial charge in [0.2, 0.25) is 0 Å². The van der Waals surface area contributed by atoms with Crippen LogP contribution in [0.4, 0.5) is 0 Å². The highest BCUT2D eigenvalue weighted by molar-refractivity contribution is 6.30. The molecule has 0 saturated heterocycles. The molecule has 0 amide bonds. The Kier molecular flexibility index (Phi) is 5.83. The summed E-state index contributed by atoms with van der Waals surface area (Å²) < 4.78 is 0. The molecule has 2 aliphatic carbocycles. The standard InChI is InChI=1S/C13H15Cl.C10H10O2/c1-3-4-10-7-11-8-12(14)5-6-13(11)9(10)2;11-10(12)9-5-7-3-1-2-4-8(7)6-9/h3,5-6,8-10H,1,4,7H2,2H3;1-4,9H,5-6H2,(H,11,12). The van der Waals surface area contributed by atoms with Crippen molar-refractivity contribution < 1.29 is 9.90 Å². The number of allylic oxidation sites excluding steroid dienone is 1. The van der Waals surface area contributed by atoms with E-state index in [0.29, 0.717) is 18.8 Å². The minimum atomic E-state index is -0.675. The molecule has 2 aromatic rings. The largest absolute Gasteiger partial charge is 0.481 e. The molecule has 2 aromatic carbocycles. The lowest BCUT2D eigenvalue weighted by molar-refractivity contribution is -0.141. The van der Waals surface area contributed by atoms with E-state index < -0.39 is 5.97 Å². The van der Waals surface area contributed by atoms with Crippen molar-refractivity contribution in [2.24, 2.45) is 11.8 Å². The zero-order valence-electron chi connectivity index (χ0n) is 15.1. The molecule has 0 heterocycles. The van der Waals surface area contributed by atoms with Crippen LogP contribution < -0.4 is 0 Å². The maximum Gasteiger partial charge on any atom is 0.307 e. The van der Waals surface area contributed by atoms with Gasteiger partial charge in [-0.2, -0.15) is 0 Å². The molecular weight excluding hydrogens is 344 g/mol. The van der Waals surface area contributed by atoms with Crippen molar-refractivity contribution >= 4 is 17.6 Å². The zero-order valence-corrected chi connectivity index (χ0v) is 15.9. The Hall–Kier alpha value is -2.06. The number of fused-ring (bicyclic) bond motifs is 2. The fourth-order valence-electron chi connectivity index (χ4n) is 4.14. The van der Waals surface area contributed by atoms with E-state index in [4.69, 9.17) is 16.7 Å². The molecule has 2 nitrogen and oxygen atoms in total. The summed E-state index contributed by atoms with van der Waals surface area (Å²) in [5.74, 6) is 0.509. The van der Waals surface area contributed by atoms with Crippen molar-refractivity contribution in [3.63, 3.8) is 0 Å². The highest BCUT2D eigenvalue weighted by Gasteiger charge is 2.28. The lowest BCUT2D eigenvalue weighted by Crippen LogP contribution is -2.12. The number of hydrogen-bond donors (Lipinski definition) is 1. The molecule has 0 saturated carbocycles. The first kappa shape index (κ1) is 18.7. The predicted octanol–water partition coefficient (Wildman–Crippen LogP) is 5.68. The first-order valence-electron chi connectivity index (χ1n) is 9.18. The third-order valence-corrected chi connectivity index (χ3v) is 5.89. The van der Waals surface area contributed by atoms with Crippen LogP contribution in [0.15, 0.2) is 55.1 Å². The molecule has 3 heteroatoms. The summed E-state index contributed by atoms with van der Waals surface area (Å²) in [6.07, 6.45) is 5.68. The van der Waals surface area contributed by atoms with Gasteiger partial charge in [-0.15, -0.1) is 6.58 Å². The third-order valence-electron chi connectivity index (χ3n) is 5.65. The van der Waals surface area contributed by atoms with Gasteiger partial charge < -0.3 is 5.11 Å². The molecule has 0 fully saturated rings. The molecule has 4 rings (SSSR count). The monoisotopic (exact) mass is 368 g/mol. The van der Waals surface area contributed by atoms with Crippen molar-refractivity contribution in [2.45, 2.75) is 38.5 Å². The molecule has 2 atom stereocenters. The van der Waals surface area contributed by atoms with Gasteiger partial charge in [0.1, 0.15) is 0 Å². The molecule has 136 valence electrons. The van der Waals surface area contributed by atoms with E-state index in [2.05, 4.69) is 25.6 Å². The van der Waals surface area contributed by atoms with Crippen LogP contribution in [0.25, 0.3) is 0 Å². The van der Waals surface area contributed by atoms with Crippen LogP contribution >= 0.6 is 11.6 Å². The molecule has 2 unspecified atom stereocenters.